The van der Waals surface area contributed by atoms with Crippen molar-refractivity contribution in [2.75, 3.05) is 51.7 Å². The highest BCUT2D eigenvalue weighted by molar-refractivity contribution is 5.63. The predicted molar refractivity (Wildman–Crippen MR) is 68.2 cm³/mol. The standard InChI is InChI=1S/C10H20N6O/c1-15(2)5-6-16(3)10-8(17-4)9(14-11)12-7-13-10/h7H,5-6,11H2,1-4H3,(H,12,13,14). The van der Waals surface area contributed by atoms with Crippen LogP contribution < -0.4 is 20.9 Å². The van der Waals surface area contributed by atoms with E-state index in [4.69, 9.17) is 10.6 Å². The molecule has 0 aliphatic carbocycles. The Kier molecular flexibility index (Phi) is 4.92. The fraction of sp³-hybridized carbons (Fsp3) is 0.600. The minimum Gasteiger partial charge on any atom is -0.490 e. The molecule has 0 unspecified atom stereocenters. The molecule has 17 heavy (non-hydrogen) atoms. The Morgan fingerprint density at radius 3 is 2.53 bits per heavy atom. The van der Waals surface area contributed by atoms with Gasteiger partial charge in [-0.15, -0.1) is 0 Å². The topological polar surface area (TPSA) is 79.5 Å². The number of anilines is 2. The van der Waals surface area contributed by atoms with Crippen LogP contribution in [0.4, 0.5) is 11.6 Å². The summed E-state index contributed by atoms with van der Waals surface area (Å²) in [7, 11) is 7.58. The van der Waals surface area contributed by atoms with Crippen LogP contribution in [-0.2, 0) is 0 Å². The molecule has 0 atom stereocenters. The molecule has 0 aromatic carbocycles. The van der Waals surface area contributed by atoms with E-state index in [-0.39, 0.29) is 0 Å². The number of likely N-dealkylation sites (N-methyl/N-ethyl adjacent to an activating group) is 2. The Morgan fingerprint density at radius 2 is 2.00 bits per heavy atom. The molecule has 0 aliphatic heterocycles. The van der Waals surface area contributed by atoms with E-state index >= 15 is 0 Å². The average Bonchev–Trinajstić information content (AvgIpc) is 2.34. The number of hydrogen-bond donors (Lipinski definition) is 2. The number of hydrazine groups is 1. The lowest BCUT2D eigenvalue weighted by Crippen LogP contribution is -2.29. The average molecular weight is 240 g/mol. The summed E-state index contributed by atoms with van der Waals surface area (Å²) in [6, 6.07) is 0. The van der Waals surface area contributed by atoms with E-state index in [1.54, 1.807) is 7.11 Å². The molecule has 0 saturated carbocycles. The third-order valence-corrected chi connectivity index (χ3v) is 2.37. The molecule has 0 aliphatic rings. The maximum Gasteiger partial charge on any atom is 0.205 e. The van der Waals surface area contributed by atoms with E-state index in [2.05, 4.69) is 20.3 Å². The zero-order chi connectivity index (χ0) is 12.8. The van der Waals surface area contributed by atoms with Crippen LogP contribution in [0.15, 0.2) is 6.33 Å². The Morgan fingerprint density at radius 1 is 1.29 bits per heavy atom. The molecule has 0 radical (unpaired) electrons. The Hall–Kier alpha value is -1.60. The first-order valence-electron chi connectivity index (χ1n) is 5.31. The highest BCUT2D eigenvalue weighted by atomic mass is 16.5. The molecule has 1 rings (SSSR count). The van der Waals surface area contributed by atoms with Gasteiger partial charge in [0.15, 0.2) is 11.6 Å². The minimum atomic E-state index is 0.481. The summed E-state index contributed by atoms with van der Waals surface area (Å²) in [4.78, 5) is 12.3. The summed E-state index contributed by atoms with van der Waals surface area (Å²) < 4.78 is 5.27. The van der Waals surface area contributed by atoms with Gasteiger partial charge >= 0.3 is 0 Å². The summed E-state index contributed by atoms with van der Waals surface area (Å²) in [6.45, 7) is 1.76. The van der Waals surface area contributed by atoms with E-state index < -0.39 is 0 Å². The van der Waals surface area contributed by atoms with Crippen LogP contribution in [0.25, 0.3) is 0 Å². The number of ether oxygens (including phenoxy) is 1. The number of rotatable bonds is 6. The number of hydrogen-bond acceptors (Lipinski definition) is 7. The van der Waals surface area contributed by atoms with E-state index in [0.717, 1.165) is 18.9 Å². The molecule has 0 fully saturated rings. The molecule has 1 heterocycles. The fourth-order valence-corrected chi connectivity index (χ4v) is 1.38. The van der Waals surface area contributed by atoms with Crippen LogP contribution in [0.1, 0.15) is 0 Å². The summed E-state index contributed by atoms with van der Waals surface area (Å²) >= 11 is 0. The number of nitrogens with zero attached hydrogens (tertiary/aromatic N) is 4. The zero-order valence-corrected chi connectivity index (χ0v) is 10.8. The number of nitrogens with two attached hydrogens (primary N) is 1. The maximum absolute atomic E-state index is 5.37. The fourth-order valence-electron chi connectivity index (χ4n) is 1.38. The van der Waals surface area contributed by atoms with Crippen molar-refractivity contribution in [3.8, 4) is 5.75 Å². The lowest BCUT2D eigenvalue weighted by atomic mass is 10.4. The summed E-state index contributed by atoms with van der Waals surface area (Å²) in [5.74, 6) is 7.12. The van der Waals surface area contributed by atoms with Crippen molar-refractivity contribution in [3.63, 3.8) is 0 Å². The van der Waals surface area contributed by atoms with Crippen molar-refractivity contribution in [1.29, 1.82) is 0 Å². The summed E-state index contributed by atoms with van der Waals surface area (Å²) in [5.41, 5.74) is 2.49. The van der Waals surface area contributed by atoms with Crippen molar-refractivity contribution in [1.82, 2.24) is 14.9 Å². The van der Waals surface area contributed by atoms with Gasteiger partial charge in [-0.1, -0.05) is 0 Å². The highest BCUT2D eigenvalue weighted by Crippen LogP contribution is 2.30. The van der Waals surface area contributed by atoms with Gasteiger partial charge in [-0.3, -0.25) is 0 Å². The van der Waals surface area contributed by atoms with Gasteiger partial charge in [-0.2, -0.15) is 0 Å². The molecular formula is C10H20N6O. The van der Waals surface area contributed by atoms with Crippen molar-refractivity contribution in [2.45, 2.75) is 0 Å². The van der Waals surface area contributed by atoms with Crippen LogP contribution in [0, 0.1) is 0 Å². The first-order valence-corrected chi connectivity index (χ1v) is 5.31. The van der Waals surface area contributed by atoms with Crippen molar-refractivity contribution < 1.29 is 4.74 Å². The minimum absolute atomic E-state index is 0.481. The quantitative estimate of drug-likeness (QED) is 0.525. The SMILES string of the molecule is COc1c(NN)ncnc1N(C)CCN(C)C. The van der Waals surface area contributed by atoms with Gasteiger partial charge in [0.25, 0.3) is 0 Å². The van der Waals surface area contributed by atoms with Gasteiger partial charge in [-0.25, -0.2) is 15.8 Å². The lowest BCUT2D eigenvalue weighted by molar-refractivity contribution is 0.404. The van der Waals surface area contributed by atoms with Crippen LogP contribution >= 0.6 is 0 Å². The zero-order valence-electron chi connectivity index (χ0n) is 10.8. The molecule has 96 valence electrons. The smallest absolute Gasteiger partial charge is 0.205 e. The summed E-state index contributed by atoms with van der Waals surface area (Å²) in [5, 5.41) is 0. The Balaban J connectivity index is 2.88. The van der Waals surface area contributed by atoms with Gasteiger partial charge in [0.05, 0.1) is 7.11 Å². The van der Waals surface area contributed by atoms with Gasteiger partial charge in [0.2, 0.25) is 5.75 Å². The first kappa shape index (κ1) is 13.5. The Bertz CT molecular complexity index is 357. The van der Waals surface area contributed by atoms with Crippen molar-refractivity contribution in [3.05, 3.63) is 6.33 Å². The van der Waals surface area contributed by atoms with Crippen molar-refractivity contribution in [2.24, 2.45) is 5.84 Å². The second-order valence-corrected chi connectivity index (χ2v) is 3.95. The highest BCUT2D eigenvalue weighted by Gasteiger charge is 2.14. The second-order valence-electron chi connectivity index (χ2n) is 3.95. The maximum atomic E-state index is 5.37. The first-order chi connectivity index (χ1) is 8.10. The molecule has 1 aromatic heterocycles. The largest absolute Gasteiger partial charge is 0.490 e. The molecule has 0 saturated heterocycles. The van der Waals surface area contributed by atoms with Gasteiger partial charge in [0.1, 0.15) is 6.33 Å². The van der Waals surface area contributed by atoms with E-state index in [9.17, 15) is 0 Å². The van der Waals surface area contributed by atoms with E-state index in [1.165, 1.54) is 6.33 Å². The van der Waals surface area contributed by atoms with Crippen LogP contribution in [-0.4, -0.2) is 56.2 Å². The molecule has 7 heteroatoms. The lowest BCUT2D eigenvalue weighted by Gasteiger charge is -2.22. The van der Waals surface area contributed by atoms with Gasteiger partial charge in [0, 0.05) is 20.1 Å². The molecule has 0 amide bonds. The number of aromatic nitrogens is 2. The van der Waals surface area contributed by atoms with Crippen LogP contribution in [0.3, 0.4) is 0 Å². The third kappa shape index (κ3) is 3.43. The molecule has 3 N–H and O–H groups in total. The monoisotopic (exact) mass is 240 g/mol. The van der Waals surface area contributed by atoms with Crippen LogP contribution in [0.5, 0.6) is 5.75 Å². The Labute approximate surface area is 102 Å². The van der Waals surface area contributed by atoms with E-state index in [0.29, 0.717) is 11.6 Å². The molecule has 0 spiro atoms. The van der Waals surface area contributed by atoms with Crippen molar-refractivity contribution >= 4 is 11.6 Å². The molecule has 0 bridgehead atoms. The van der Waals surface area contributed by atoms with Gasteiger partial charge in [-0.05, 0) is 14.1 Å². The molecular weight excluding hydrogens is 220 g/mol. The molecule has 7 nitrogen and oxygen atoms in total. The number of nitrogens with one attached hydrogen (secondary N) is 1. The second kappa shape index (κ2) is 6.21. The third-order valence-electron chi connectivity index (χ3n) is 2.37. The number of methoxy groups -OCH3 is 1. The predicted octanol–water partition coefficient (Wildman–Crippen LogP) is -0.231. The normalized spacial score (nSPS) is 10.5. The van der Waals surface area contributed by atoms with Gasteiger partial charge < -0.3 is 20.0 Å². The number of nitrogen functional groups attached to an aromatic ring is 1. The molecule has 1 aromatic rings. The summed E-state index contributed by atoms with van der Waals surface area (Å²) in [6.07, 6.45) is 1.46. The van der Waals surface area contributed by atoms with Crippen LogP contribution in [0.2, 0.25) is 0 Å². The van der Waals surface area contributed by atoms with E-state index in [1.807, 2.05) is 26.0 Å².